The highest BCUT2D eigenvalue weighted by Crippen LogP contribution is 2.45. The summed E-state index contributed by atoms with van der Waals surface area (Å²) < 4.78 is 68.9. The number of phosphoric acid groups is 2. The number of ether oxygens (including phenoxy) is 4. The van der Waals surface area contributed by atoms with Crippen LogP contribution < -0.4 is 0 Å². The number of esters is 4. The topological polar surface area (TPSA) is 237 Å². The SMILES string of the molecule is CCCCCCCCCCCCCCCCCCCCCCCC(=O)O[C@H](COC(=O)CCCCCCCCCCCCCCCCCCCC)COP(=O)(O)OC[C@@H](O)COP(=O)(O)OC[C@@H](COC(=O)CCCCCCCCCCCCC)OC(=O)CCCCCCCCCCCCCCC(C)C. The third-order valence-electron chi connectivity index (χ3n) is 20.3. The van der Waals surface area contributed by atoms with E-state index in [1.54, 1.807) is 0 Å². The smallest absolute Gasteiger partial charge is 0.462 e. The van der Waals surface area contributed by atoms with E-state index >= 15 is 0 Å². The van der Waals surface area contributed by atoms with Crippen molar-refractivity contribution >= 4 is 39.5 Å². The Bertz CT molecular complexity index is 2000. The van der Waals surface area contributed by atoms with Crippen molar-refractivity contribution in [3.05, 3.63) is 0 Å². The summed E-state index contributed by atoms with van der Waals surface area (Å²) in [4.78, 5) is 73.2. The maximum atomic E-state index is 13.1. The first-order chi connectivity index (χ1) is 51.0. The average Bonchev–Trinajstić information content (AvgIpc) is 1.01. The number of aliphatic hydroxyl groups is 1. The molecule has 3 N–H and O–H groups in total. The number of unbranched alkanes of at least 4 members (excludes halogenated alkanes) is 58. The lowest BCUT2D eigenvalue weighted by Crippen LogP contribution is -2.30. The van der Waals surface area contributed by atoms with Crippen LogP contribution in [0.3, 0.4) is 0 Å². The van der Waals surface area contributed by atoms with Crippen molar-refractivity contribution in [1.82, 2.24) is 0 Å². The molecule has 0 saturated carbocycles. The van der Waals surface area contributed by atoms with E-state index in [9.17, 15) is 43.2 Å². The van der Waals surface area contributed by atoms with E-state index < -0.39 is 97.5 Å². The molecule has 19 heteroatoms. The molecule has 0 aliphatic carbocycles. The molecule has 0 fully saturated rings. The first-order valence-corrected chi connectivity index (χ1v) is 47.6. The first kappa shape index (κ1) is 103. The van der Waals surface area contributed by atoms with Crippen LogP contribution in [0.5, 0.6) is 0 Å². The van der Waals surface area contributed by atoms with Gasteiger partial charge in [0.25, 0.3) is 0 Å². The minimum absolute atomic E-state index is 0.108. The quantitative estimate of drug-likeness (QED) is 0.0222. The number of hydrogen-bond acceptors (Lipinski definition) is 15. The molecule has 624 valence electrons. The van der Waals surface area contributed by atoms with Crippen LogP contribution in [0.4, 0.5) is 0 Å². The molecule has 0 aliphatic rings. The fourth-order valence-corrected chi connectivity index (χ4v) is 15.1. The van der Waals surface area contributed by atoms with E-state index in [-0.39, 0.29) is 25.7 Å². The molecule has 0 aromatic carbocycles. The van der Waals surface area contributed by atoms with Crippen LogP contribution in [-0.4, -0.2) is 96.7 Å². The Morgan fingerprint density at radius 3 is 0.648 bits per heavy atom. The van der Waals surface area contributed by atoms with Gasteiger partial charge in [0.05, 0.1) is 26.4 Å². The molecule has 0 saturated heterocycles. The molecule has 0 aromatic rings. The van der Waals surface area contributed by atoms with Crippen molar-refractivity contribution in [2.45, 2.75) is 483 Å². The highest BCUT2D eigenvalue weighted by atomic mass is 31.2. The van der Waals surface area contributed by atoms with Crippen LogP contribution in [0.1, 0.15) is 465 Å². The predicted octanol–water partition coefficient (Wildman–Crippen LogP) is 26.4. The lowest BCUT2D eigenvalue weighted by atomic mass is 10.0. The van der Waals surface area contributed by atoms with Gasteiger partial charge >= 0.3 is 39.5 Å². The minimum atomic E-state index is -4.97. The van der Waals surface area contributed by atoms with E-state index in [1.807, 2.05) is 0 Å². The first-order valence-electron chi connectivity index (χ1n) is 44.6. The summed E-state index contributed by atoms with van der Waals surface area (Å²) in [5.41, 5.74) is 0. The third-order valence-corrected chi connectivity index (χ3v) is 22.2. The summed E-state index contributed by atoms with van der Waals surface area (Å²) in [6, 6.07) is 0. The Hall–Kier alpha value is -1.94. The van der Waals surface area contributed by atoms with Crippen molar-refractivity contribution < 1.29 is 80.2 Å². The lowest BCUT2D eigenvalue weighted by Gasteiger charge is -2.21. The highest BCUT2D eigenvalue weighted by molar-refractivity contribution is 7.47. The molecule has 5 atom stereocenters. The van der Waals surface area contributed by atoms with Crippen molar-refractivity contribution in [3.63, 3.8) is 0 Å². The highest BCUT2D eigenvalue weighted by Gasteiger charge is 2.30. The fourth-order valence-electron chi connectivity index (χ4n) is 13.5. The molecular weight excluding hydrogens is 1370 g/mol. The Morgan fingerprint density at radius 1 is 0.257 bits per heavy atom. The van der Waals surface area contributed by atoms with Gasteiger partial charge in [-0.05, 0) is 31.6 Å². The predicted molar refractivity (Wildman–Crippen MR) is 432 cm³/mol. The van der Waals surface area contributed by atoms with Crippen LogP contribution in [-0.2, 0) is 65.4 Å². The van der Waals surface area contributed by atoms with Gasteiger partial charge in [0.15, 0.2) is 12.2 Å². The zero-order chi connectivity index (χ0) is 76.9. The maximum Gasteiger partial charge on any atom is 0.472 e. The number of aliphatic hydroxyl groups excluding tert-OH is 1. The summed E-state index contributed by atoms with van der Waals surface area (Å²) in [6.45, 7) is 7.37. The second-order valence-corrected chi connectivity index (χ2v) is 34.3. The summed E-state index contributed by atoms with van der Waals surface area (Å²) in [7, 11) is -9.93. The van der Waals surface area contributed by atoms with Gasteiger partial charge in [-0.2, -0.15) is 0 Å². The molecule has 0 radical (unpaired) electrons. The molecule has 0 rings (SSSR count). The van der Waals surface area contributed by atoms with E-state index in [0.717, 1.165) is 95.8 Å². The standard InChI is InChI=1S/C86H168O17P2/c1-6-9-12-15-18-21-24-26-28-30-32-33-34-36-38-40-46-51-56-61-66-71-85(90)102-82(76-97-84(89)70-65-60-55-50-45-39-37-35-31-29-27-25-22-19-16-13-10-7-2)78-101-105(94,95)99-74-80(87)73-98-104(92,93)100-77-81(75-96-83(88)69-64-59-54-49-43-23-20-17-14-11-8-3)103-86(91)72-67-62-57-52-47-42-41-44-48-53-58-63-68-79(4)5/h79-82,87H,6-78H2,1-5H3,(H,92,93)(H,94,95)/t80-,81+,82+/m0/s1. The van der Waals surface area contributed by atoms with Crippen LogP contribution in [0.15, 0.2) is 0 Å². The number of carbonyl (C=O) groups is 4. The number of carbonyl (C=O) groups excluding carboxylic acids is 4. The van der Waals surface area contributed by atoms with Gasteiger partial charge in [-0.15, -0.1) is 0 Å². The molecule has 105 heavy (non-hydrogen) atoms. The fraction of sp³-hybridized carbons (Fsp3) is 0.953. The maximum absolute atomic E-state index is 13.1. The Kier molecular flexibility index (Phi) is 77.3. The lowest BCUT2D eigenvalue weighted by molar-refractivity contribution is -0.161. The number of rotatable bonds is 86. The molecule has 0 spiro atoms. The molecule has 0 aromatic heterocycles. The van der Waals surface area contributed by atoms with Crippen LogP contribution in [0, 0.1) is 5.92 Å². The van der Waals surface area contributed by atoms with Gasteiger partial charge in [-0.1, -0.05) is 413 Å². The summed E-state index contributed by atoms with van der Waals surface area (Å²) in [5.74, 6) is -1.32. The second kappa shape index (κ2) is 78.7. The van der Waals surface area contributed by atoms with Gasteiger partial charge in [0.1, 0.15) is 19.3 Å². The third kappa shape index (κ3) is 79.9. The molecule has 2 unspecified atom stereocenters. The Morgan fingerprint density at radius 2 is 0.438 bits per heavy atom. The van der Waals surface area contributed by atoms with Crippen molar-refractivity contribution in [2.24, 2.45) is 5.92 Å². The molecular formula is C86H168O17P2. The van der Waals surface area contributed by atoms with Crippen molar-refractivity contribution in [1.29, 1.82) is 0 Å². The van der Waals surface area contributed by atoms with Crippen LogP contribution in [0.25, 0.3) is 0 Å². The monoisotopic (exact) mass is 1540 g/mol. The summed E-state index contributed by atoms with van der Waals surface area (Å²) in [5, 5.41) is 10.7. The Labute approximate surface area is 645 Å². The van der Waals surface area contributed by atoms with E-state index in [2.05, 4.69) is 34.6 Å². The summed E-state index contributed by atoms with van der Waals surface area (Å²) >= 11 is 0. The number of hydrogen-bond donors (Lipinski definition) is 3. The van der Waals surface area contributed by atoms with Gasteiger partial charge in [-0.25, -0.2) is 9.13 Å². The normalized spacial score (nSPS) is 13.8. The van der Waals surface area contributed by atoms with Gasteiger partial charge in [-0.3, -0.25) is 37.3 Å². The van der Waals surface area contributed by atoms with Gasteiger partial charge in [0.2, 0.25) is 0 Å². The molecule has 0 heterocycles. The summed E-state index contributed by atoms with van der Waals surface area (Å²) in [6.07, 6.45) is 72.2. The molecule has 0 bridgehead atoms. The molecule has 0 amide bonds. The van der Waals surface area contributed by atoms with Crippen LogP contribution in [0.2, 0.25) is 0 Å². The van der Waals surface area contributed by atoms with Crippen molar-refractivity contribution in [3.8, 4) is 0 Å². The zero-order valence-electron chi connectivity index (χ0n) is 68.9. The Balaban J connectivity index is 5.23. The van der Waals surface area contributed by atoms with E-state index in [4.69, 9.17) is 37.0 Å². The van der Waals surface area contributed by atoms with Crippen molar-refractivity contribution in [2.75, 3.05) is 39.6 Å². The number of phosphoric ester groups is 2. The molecule has 17 nitrogen and oxygen atoms in total. The second-order valence-electron chi connectivity index (χ2n) is 31.4. The average molecular weight is 1540 g/mol. The van der Waals surface area contributed by atoms with E-state index in [0.29, 0.717) is 25.7 Å². The van der Waals surface area contributed by atoms with E-state index in [1.165, 1.54) is 289 Å². The van der Waals surface area contributed by atoms with Crippen LogP contribution >= 0.6 is 15.6 Å². The minimum Gasteiger partial charge on any atom is -0.462 e. The molecule has 0 aliphatic heterocycles. The zero-order valence-corrected chi connectivity index (χ0v) is 70.7. The van der Waals surface area contributed by atoms with Gasteiger partial charge in [0, 0.05) is 25.7 Å². The largest absolute Gasteiger partial charge is 0.472 e. The van der Waals surface area contributed by atoms with Gasteiger partial charge < -0.3 is 33.8 Å².